The first-order chi connectivity index (χ1) is 8.27. The van der Waals surface area contributed by atoms with Gasteiger partial charge >= 0.3 is 0 Å². The molecule has 2 aromatic rings. The average molecular weight is 248 g/mol. The van der Waals surface area contributed by atoms with E-state index in [2.05, 4.69) is 15.3 Å². The summed E-state index contributed by atoms with van der Waals surface area (Å²) in [6.45, 7) is 0.382. The van der Waals surface area contributed by atoms with Gasteiger partial charge in [0.15, 0.2) is 0 Å². The Bertz CT molecular complexity index is 516. The number of hydrogen-bond donors (Lipinski definition) is 1. The fourth-order valence-corrected chi connectivity index (χ4v) is 1.54. The Kier molecular flexibility index (Phi) is 3.67. The Labute approximate surface area is 104 Å². The highest BCUT2D eigenvalue weighted by molar-refractivity contribution is 6.31. The van der Waals surface area contributed by atoms with E-state index in [9.17, 15) is 4.79 Å². The molecule has 2 rings (SSSR count). The molecule has 0 fully saturated rings. The summed E-state index contributed by atoms with van der Waals surface area (Å²) in [6, 6.07) is 7.37. The Morgan fingerprint density at radius 3 is 2.65 bits per heavy atom. The average Bonchev–Trinajstić information content (AvgIpc) is 2.38. The van der Waals surface area contributed by atoms with Crippen molar-refractivity contribution in [2.45, 2.75) is 6.54 Å². The number of halogens is 1. The second-order valence-corrected chi connectivity index (χ2v) is 3.81. The minimum Gasteiger partial charge on any atom is -0.348 e. The van der Waals surface area contributed by atoms with Crippen LogP contribution in [0, 0.1) is 0 Å². The third kappa shape index (κ3) is 3.01. The van der Waals surface area contributed by atoms with Crippen LogP contribution in [-0.4, -0.2) is 15.9 Å². The zero-order valence-electron chi connectivity index (χ0n) is 8.93. The van der Waals surface area contributed by atoms with Gasteiger partial charge in [0, 0.05) is 24.0 Å². The Hall–Kier alpha value is -1.94. The summed E-state index contributed by atoms with van der Waals surface area (Å²) in [5.41, 5.74) is 1.30. The highest BCUT2D eigenvalue weighted by Gasteiger charge is 2.06. The van der Waals surface area contributed by atoms with Crippen LogP contribution in [0.15, 0.2) is 43.0 Å². The molecule has 17 heavy (non-hydrogen) atoms. The molecule has 0 saturated heterocycles. The molecule has 1 aromatic carbocycles. The van der Waals surface area contributed by atoms with Crippen molar-refractivity contribution >= 4 is 17.5 Å². The molecule has 1 N–H and O–H groups in total. The van der Waals surface area contributed by atoms with E-state index in [0.29, 0.717) is 17.1 Å². The van der Waals surface area contributed by atoms with Gasteiger partial charge in [0.25, 0.3) is 5.91 Å². The fourth-order valence-electron chi connectivity index (χ4n) is 1.34. The first kappa shape index (κ1) is 11.5. The summed E-state index contributed by atoms with van der Waals surface area (Å²) in [6.07, 6.45) is 4.31. The zero-order chi connectivity index (χ0) is 12.1. The lowest BCUT2D eigenvalue weighted by Gasteiger charge is -2.06. The summed E-state index contributed by atoms with van der Waals surface area (Å²) in [5.74, 6) is -0.217. The zero-order valence-corrected chi connectivity index (χ0v) is 9.69. The SMILES string of the molecule is O=C(NCc1ccccc1Cl)c1cncnc1. The number of carbonyl (C=O) groups excluding carboxylic acids is 1. The van der Waals surface area contributed by atoms with Crippen molar-refractivity contribution in [2.24, 2.45) is 0 Å². The molecule has 0 spiro atoms. The van der Waals surface area contributed by atoms with Crippen LogP contribution < -0.4 is 5.32 Å². The summed E-state index contributed by atoms with van der Waals surface area (Å²) in [7, 11) is 0. The van der Waals surface area contributed by atoms with E-state index in [1.165, 1.54) is 18.7 Å². The van der Waals surface area contributed by atoms with Gasteiger partial charge in [-0.1, -0.05) is 29.8 Å². The first-order valence-corrected chi connectivity index (χ1v) is 5.42. The van der Waals surface area contributed by atoms with Crippen molar-refractivity contribution in [1.29, 1.82) is 0 Å². The molecule has 0 aliphatic heterocycles. The first-order valence-electron chi connectivity index (χ1n) is 5.04. The van der Waals surface area contributed by atoms with Gasteiger partial charge < -0.3 is 5.32 Å². The highest BCUT2D eigenvalue weighted by Crippen LogP contribution is 2.14. The monoisotopic (exact) mass is 247 g/mol. The molecule has 5 heteroatoms. The summed E-state index contributed by atoms with van der Waals surface area (Å²) >= 11 is 5.98. The predicted octanol–water partition coefficient (Wildman–Crippen LogP) is 2.06. The number of benzene rings is 1. The molecular formula is C12H10ClN3O. The van der Waals surface area contributed by atoms with Crippen LogP contribution in [0.5, 0.6) is 0 Å². The minimum absolute atomic E-state index is 0.217. The molecule has 0 aliphatic carbocycles. The standard InChI is InChI=1S/C12H10ClN3O/c13-11-4-2-1-3-9(11)7-16-12(17)10-5-14-8-15-6-10/h1-6,8H,7H2,(H,16,17). The molecule has 0 saturated carbocycles. The Morgan fingerprint density at radius 2 is 1.94 bits per heavy atom. The Balaban J connectivity index is 2.00. The van der Waals surface area contributed by atoms with Gasteiger partial charge in [-0.15, -0.1) is 0 Å². The van der Waals surface area contributed by atoms with Gasteiger partial charge in [-0.2, -0.15) is 0 Å². The summed E-state index contributed by atoms with van der Waals surface area (Å²) in [5, 5.41) is 3.39. The molecule has 0 radical (unpaired) electrons. The van der Waals surface area contributed by atoms with E-state index >= 15 is 0 Å². The van der Waals surface area contributed by atoms with Gasteiger partial charge in [-0.05, 0) is 11.6 Å². The number of carbonyl (C=O) groups is 1. The van der Waals surface area contributed by atoms with E-state index in [1.54, 1.807) is 6.07 Å². The molecule has 0 aliphatic rings. The number of hydrogen-bond acceptors (Lipinski definition) is 3. The van der Waals surface area contributed by atoms with E-state index < -0.39 is 0 Å². The normalized spacial score (nSPS) is 9.94. The van der Waals surface area contributed by atoms with Gasteiger partial charge in [0.05, 0.1) is 5.56 Å². The quantitative estimate of drug-likeness (QED) is 0.903. The molecule has 4 nitrogen and oxygen atoms in total. The molecule has 1 aromatic heterocycles. The maximum atomic E-state index is 11.7. The summed E-state index contributed by atoms with van der Waals surface area (Å²) in [4.78, 5) is 19.3. The third-order valence-corrected chi connectivity index (χ3v) is 2.59. The van der Waals surface area contributed by atoms with E-state index in [0.717, 1.165) is 5.56 Å². The Morgan fingerprint density at radius 1 is 1.24 bits per heavy atom. The molecule has 1 heterocycles. The number of nitrogens with one attached hydrogen (secondary N) is 1. The van der Waals surface area contributed by atoms with Crippen LogP contribution in [0.1, 0.15) is 15.9 Å². The maximum Gasteiger partial charge on any atom is 0.254 e. The molecule has 0 bridgehead atoms. The lowest BCUT2D eigenvalue weighted by molar-refractivity contribution is 0.0950. The topological polar surface area (TPSA) is 54.9 Å². The van der Waals surface area contributed by atoms with Crippen molar-refractivity contribution < 1.29 is 4.79 Å². The fraction of sp³-hybridized carbons (Fsp3) is 0.0833. The number of aromatic nitrogens is 2. The van der Waals surface area contributed by atoms with Crippen molar-refractivity contribution in [3.05, 3.63) is 59.1 Å². The molecule has 0 atom stereocenters. The second-order valence-electron chi connectivity index (χ2n) is 3.40. The van der Waals surface area contributed by atoms with Crippen LogP contribution in [-0.2, 0) is 6.54 Å². The lowest BCUT2D eigenvalue weighted by Crippen LogP contribution is -2.23. The third-order valence-electron chi connectivity index (χ3n) is 2.22. The van der Waals surface area contributed by atoms with Crippen molar-refractivity contribution in [1.82, 2.24) is 15.3 Å². The maximum absolute atomic E-state index is 11.7. The predicted molar refractivity (Wildman–Crippen MR) is 64.7 cm³/mol. The van der Waals surface area contributed by atoms with Crippen LogP contribution in [0.3, 0.4) is 0 Å². The summed E-state index contributed by atoms with van der Waals surface area (Å²) < 4.78 is 0. The second kappa shape index (κ2) is 5.41. The smallest absolute Gasteiger partial charge is 0.254 e. The van der Waals surface area contributed by atoms with E-state index in [-0.39, 0.29) is 5.91 Å². The molecule has 0 unspecified atom stereocenters. The van der Waals surface area contributed by atoms with Crippen LogP contribution in [0.25, 0.3) is 0 Å². The molecular weight excluding hydrogens is 238 g/mol. The van der Waals surface area contributed by atoms with Gasteiger partial charge in [-0.3, -0.25) is 4.79 Å². The van der Waals surface area contributed by atoms with Crippen LogP contribution in [0.2, 0.25) is 5.02 Å². The van der Waals surface area contributed by atoms with Crippen molar-refractivity contribution in [2.75, 3.05) is 0 Å². The molecule has 1 amide bonds. The van der Waals surface area contributed by atoms with Gasteiger partial charge in [-0.25, -0.2) is 9.97 Å². The van der Waals surface area contributed by atoms with Crippen molar-refractivity contribution in [3.8, 4) is 0 Å². The molecule has 86 valence electrons. The number of amides is 1. The highest BCUT2D eigenvalue weighted by atomic mass is 35.5. The number of rotatable bonds is 3. The van der Waals surface area contributed by atoms with Gasteiger partial charge in [0.2, 0.25) is 0 Å². The van der Waals surface area contributed by atoms with E-state index in [4.69, 9.17) is 11.6 Å². The lowest BCUT2D eigenvalue weighted by atomic mass is 10.2. The number of nitrogens with zero attached hydrogens (tertiary/aromatic N) is 2. The van der Waals surface area contributed by atoms with Crippen molar-refractivity contribution in [3.63, 3.8) is 0 Å². The minimum atomic E-state index is -0.217. The van der Waals surface area contributed by atoms with E-state index in [1.807, 2.05) is 18.2 Å². The van der Waals surface area contributed by atoms with Crippen LogP contribution in [0.4, 0.5) is 0 Å². The van der Waals surface area contributed by atoms with Crippen LogP contribution >= 0.6 is 11.6 Å². The van der Waals surface area contributed by atoms with Gasteiger partial charge in [0.1, 0.15) is 6.33 Å². The largest absolute Gasteiger partial charge is 0.348 e.